The predicted octanol–water partition coefficient (Wildman–Crippen LogP) is 2.89. The topological polar surface area (TPSA) is 84.9 Å². The smallest absolute Gasteiger partial charge is 0.265 e. The van der Waals surface area contributed by atoms with Crippen molar-refractivity contribution in [1.29, 1.82) is 0 Å². The third kappa shape index (κ3) is 5.62. The zero-order valence-electron chi connectivity index (χ0n) is 15.8. The van der Waals surface area contributed by atoms with Crippen molar-refractivity contribution in [2.45, 2.75) is 19.4 Å². The summed E-state index contributed by atoms with van der Waals surface area (Å²) in [5.74, 6) is 0.851. The number of carbonyl (C=O) groups is 1. The summed E-state index contributed by atoms with van der Waals surface area (Å²) in [4.78, 5) is 12.5. The van der Waals surface area contributed by atoms with E-state index in [4.69, 9.17) is 9.47 Å². The molecule has 0 aliphatic heterocycles. The van der Waals surface area contributed by atoms with Gasteiger partial charge in [0, 0.05) is 18.8 Å². The minimum atomic E-state index is -3.33. The van der Waals surface area contributed by atoms with Gasteiger partial charge in [-0.05, 0) is 42.8 Å². The average Bonchev–Trinajstić information content (AvgIpc) is 2.65. The Hall–Kier alpha value is -2.74. The molecule has 27 heavy (non-hydrogen) atoms. The molecule has 2 aromatic rings. The van der Waals surface area contributed by atoms with Gasteiger partial charge in [0.15, 0.2) is 6.10 Å². The van der Waals surface area contributed by atoms with Crippen molar-refractivity contribution in [2.24, 2.45) is 0 Å². The number of carbonyl (C=O) groups excluding carboxylic acids is 1. The van der Waals surface area contributed by atoms with Crippen LogP contribution in [0.2, 0.25) is 0 Å². The molecule has 1 unspecified atom stereocenters. The maximum absolute atomic E-state index is 12.5. The number of hydrogen-bond acceptors (Lipinski definition) is 5. The molecule has 2 rings (SSSR count). The van der Waals surface area contributed by atoms with E-state index in [9.17, 15) is 13.2 Å². The van der Waals surface area contributed by atoms with Crippen molar-refractivity contribution >= 4 is 27.3 Å². The highest BCUT2D eigenvalue weighted by molar-refractivity contribution is 7.92. The fraction of sp³-hybridized carbons (Fsp3) is 0.316. The summed E-state index contributed by atoms with van der Waals surface area (Å²) in [6.07, 6.45) is 0.920. The van der Waals surface area contributed by atoms with Crippen LogP contribution < -0.4 is 19.1 Å². The van der Waals surface area contributed by atoms with Crippen molar-refractivity contribution in [2.75, 3.05) is 30.0 Å². The van der Waals surface area contributed by atoms with Crippen molar-refractivity contribution in [3.8, 4) is 11.5 Å². The molecule has 0 saturated heterocycles. The summed E-state index contributed by atoms with van der Waals surface area (Å²) in [5.41, 5.74) is 1.13. The highest BCUT2D eigenvalue weighted by atomic mass is 32.2. The molecule has 1 atom stereocenters. The molecule has 1 N–H and O–H groups in total. The second-order valence-corrected chi connectivity index (χ2v) is 7.97. The van der Waals surface area contributed by atoms with Gasteiger partial charge in [0.2, 0.25) is 10.0 Å². The first-order valence-electron chi connectivity index (χ1n) is 8.40. The molecule has 0 spiro atoms. The zero-order chi connectivity index (χ0) is 20.0. The third-order valence-corrected chi connectivity index (χ3v) is 5.18. The largest absolute Gasteiger partial charge is 0.497 e. The lowest BCUT2D eigenvalue weighted by atomic mass is 10.2. The molecule has 0 aromatic heterocycles. The van der Waals surface area contributed by atoms with E-state index in [2.05, 4.69) is 5.32 Å². The van der Waals surface area contributed by atoms with Gasteiger partial charge in [-0.3, -0.25) is 9.10 Å². The van der Waals surface area contributed by atoms with Gasteiger partial charge < -0.3 is 14.8 Å². The minimum Gasteiger partial charge on any atom is -0.497 e. The van der Waals surface area contributed by atoms with E-state index in [0.29, 0.717) is 29.3 Å². The average molecular weight is 392 g/mol. The number of nitrogens with one attached hydrogen (secondary N) is 1. The van der Waals surface area contributed by atoms with Gasteiger partial charge in [0.05, 0.1) is 19.1 Å². The van der Waals surface area contributed by atoms with Crippen LogP contribution in [0.3, 0.4) is 0 Å². The summed E-state index contributed by atoms with van der Waals surface area (Å²) in [6.45, 7) is 1.85. The highest BCUT2D eigenvalue weighted by Gasteiger charge is 2.19. The Labute approximate surface area is 160 Å². The number of ether oxygens (including phenoxy) is 2. The Morgan fingerprint density at radius 3 is 2.37 bits per heavy atom. The van der Waals surface area contributed by atoms with E-state index >= 15 is 0 Å². The van der Waals surface area contributed by atoms with Crippen LogP contribution >= 0.6 is 0 Å². The van der Waals surface area contributed by atoms with Gasteiger partial charge in [-0.25, -0.2) is 8.42 Å². The SMILES string of the molecule is CCC(Oc1ccc(N(C)S(C)(=O)=O)cc1)C(=O)Nc1cccc(OC)c1. The maximum atomic E-state index is 12.5. The second kappa shape index (κ2) is 8.77. The van der Waals surface area contributed by atoms with Gasteiger partial charge in [-0.15, -0.1) is 0 Å². The molecule has 0 aliphatic carbocycles. The lowest BCUT2D eigenvalue weighted by Crippen LogP contribution is -2.32. The number of sulfonamides is 1. The molecular formula is C19H24N2O5S. The van der Waals surface area contributed by atoms with Crippen molar-refractivity contribution in [3.63, 3.8) is 0 Å². The molecule has 8 heteroatoms. The predicted molar refractivity (Wildman–Crippen MR) is 106 cm³/mol. The van der Waals surface area contributed by atoms with Crippen LogP contribution in [0.1, 0.15) is 13.3 Å². The molecule has 0 saturated carbocycles. The monoisotopic (exact) mass is 392 g/mol. The van der Waals surface area contributed by atoms with Crippen molar-refractivity contribution < 1.29 is 22.7 Å². The molecule has 1 amide bonds. The summed E-state index contributed by atoms with van der Waals surface area (Å²) in [6, 6.07) is 13.6. The van der Waals surface area contributed by atoms with E-state index in [1.807, 2.05) is 6.92 Å². The number of nitrogens with zero attached hydrogens (tertiary/aromatic N) is 1. The molecule has 0 fully saturated rings. The Morgan fingerprint density at radius 1 is 1.15 bits per heavy atom. The molecule has 0 heterocycles. The van der Waals surface area contributed by atoms with Crippen molar-refractivity contribution in [1.82, 2.24) is 0 Å². The van der Waals surface area contributed by atoms with Gasteiger partial charge in [0.25, 0.3) is 5.91 Å². The fourth-order valence-corrected chi connectivity index (χ4v) is 2.84. The van der Waals surface area contributed by atoms with E-state index in [0.717, 1.165) is 6.26 Å². The molecule has 0 radical (unpaired) electrons. The van der Waals surface area contributed by atoms with Crippen LogP contribution in [-0.4, -0.2) is 40.8 Å². The van der Waals surface area contributed by atoms with Crippen LogP contribution in [0.5, 0.6) is 11.5 Å². The number of anilines is 2. The van der Waals surface area contributed by atoms with E-state index in [-0.39, 0.29) is 5.91 Å². The molecule has 146 valence electrons. The Balaban J connectivity index is 2.06. The summed E-state index contributed by atoms with van der Waals surface area (Å²) >= 11 is 0. The first kappa shape index (κ1) is 20.6. The standard InChI is InChI=1S/C19H24N2O5S/c1-5-18(19(22)20-14-7-6-8-17(13-14)25-3)26-16-11-9-15(10-12-16)21(2)27(4,23)24/h6-13,18H,5H2,1-4H3,(H,20,22). The van der Waals surface area contributed by atoms with Gasteiger partial charge in [-0.2, -0.15) is 0 Å². The first-order chi connectivity index (χ1) is 12.7. The molecule has 7 nitrogen and oxygen atoms in total. The van der Waals surface area contributed by atoms with Gasteiger partial charge in [0.1, 0.15) is 11.5 Å². The van der Waals surface area contributed by atoms with Crippen LogP contribution in [0, 0.1) is 0 Å². The lowest BCUT2D eigenvalue weighted by Gasteiger charge is -2.19. The molecular weight excluding hydrogens is 368 g/mol. The Morgan fingerprint density at radius 2 is 1.81 bits per heavy atom. The lowest BCUT2D eigenvalue weighted by molar-refractivity contribution is -0.122. The van der Waals surface area contributed by atoms with Crippen LogP contribution in [-0.2, 0) is 14.8 Å². The number of rotatable bonds is 8. The fourth-order valence-electron chi connectivity index (χ4n) is 2.34. The second-order valence-electron chi connectivity index (χ2n) is 5.96. The normalized spacial score (nSPS) is 12.1. The van der Waals surface area contributed by atoms with Crippen LogP contribution in [0.25, 0.3) is 0 Å². The third-order valence-electron chi connectivity index (χ3n) is 3.98. The molecule has 0 bridgehead atoms. The van der Waals surface area contributed by atoms with E-state index < -0.39 is 16.1 Å². The van der Waals surface area contributed by atoms with Gasteiger partial charge in [-0.1, -0.05) is 13.0 Å². The minimum absolute atomic E-state index is 0.275. The zero-order valence-corrected chi connectivity index (χ0v) is 16.6. The Kier molecular flexibility index (Phi) is 6.68. The van der Waals surface area contributed by atoms with Crippen LogP contribution in [0.4, 0.5) is 11.4 Å². The molecule has 2 aromatic carbocycles. The van der Waals surface area contributed by atoms with Crippen LogP contribution in [0.15, 0.2) is 48.5 Å². The first-order valence-corrected chi connectivity index (χ1v) is 10.2. The number of amides is 1. The van der Waals surface area contributed by atoms with E-state index in [1.165, 1.54) is 11.4 Å². The summed E-state index contributed by atoms with van der Waals surface area (Å²) in [5, 5.41) is 2.81. The summed E-state index contributed by atoms with van der Waals surface area (Å²) < 4.78 is 35.2. The number of benzene rings is 2. The van der Waals surface area contributed by atoms with E-state index in [1.54, 1.807) is 55.6 Å². The van der Waals surface area contributed by atoms with Gasteiger partial charge >= 0.3 is 0 Å². The number of hydrogen-bond donors (Lipinski definition) is 1. The molecule has 0 aliphatic rings. The van der Waals surface area contributed by atoms with Crippen molar-refractivity contribution in [3.05, 3.63) is 48.5 Å². The maximum Gasteiger partial charge on any atom is 0.265 e. The summed E-state index contributed by atoms with van der Waals surface area (Å²) in [7, 11) is -0.299. The Bertz CT molecular complexity index is 881. The number of methoxy groups -OCH3 is 1. The highest BCUT2D eigenvalue weighted by Crippen LogP contribution is 2.22. The quantitative estimate of drug-likeness (QED) is 0.747.